The molecule has 2 rings (SSSR count). The maximum Gasteiger partial charge on any atom is 0.0916 e. The van der Waals surface area contributed by atoms with Crippen molar-refractivity contribution in [1.29, 1.82) is 0 Å². The molecule has 0 bridgehead atoms. The minimum absolute atomic E-state index is 0.322. The van der Waals surface area contributed by atoms with Gasteiger partial charge in [0.05, 0.1) is 12.2 Å². The second kappa shape index (κ2) is 7.77. The lowest BCUT2D eigenvalue weighted by Gasteiger charge is -2.33. The fraction of sp³-hybridized carbons (Fsp3) is 0.647. The molecule has 0 saturated carbocycles. The van der Waals surface area contributed by atoms with Crippen molar-refractivity contribution < 1.29 is 9.84 Å². The fourth-order valence-corrected chi connectivity index (χ4v) is 2.92. The van der Waals surface area contributed by atoms with E-state index in [1.807, 2.05) is 0 Å². The van der Waals surface area contributed by atoms with E-state index in [0.717, 1.165) is 44.3 Å². The second-order valence-corrected chi connectivity index (χ2v) is 5.77. The highest BCUT2D eigenvalue weighted by atomic mass is 16.5. The molecule has 0 aliphatic carbocycles. The predicted molar refractivity (Wildman–Crippen MR) is 81.9 cm³/mol. The Labute approximate surface area is 122 Å². The van der Waals surface area contributed by atoms with Crippen LogP contribution in [0.1, 0.15) is 43.4 Å². The van der Waals surface area contributed by atoms with Crippen molar-refractivity contribution in [3.63, 3.8) is 0 Å². The van der Waals surface area contributed by atoms with Gasteiger partial charge >= 0.3 is 0 Å². The maximum absolute atomic E-state index is 10.4. The lowest BCUT2D eigenvalue weighted by atomic mass is 10.0. The van der Waals surface area contributed by atoms with Crippen LogP contribution in [0.3, 0.4) is 0 Å². The van der Waals surface area contributed by atoms with Crippen LogP contribution in [-0.4, -0.2) is 42.9 Å². The number of nitrogens with zero attached hydrogens (tertiary/aromatic N) is 1. The third-order valence-corrected chi connectivity index (χ3v) is 4.13. The maximum atomic E-state index is 10.4. The number of aryl methyl sites for hydroxylation is 1. The van der Waals surface area contributed by atoms with E-state index in [1.54, 1.807) is 7.11 Å². The van der Waals surface area contributed by atoms with Gasteiger partial charge in [-0.25, -0.2) is 0 Å². The van der Waals surface area contributed by atoms with Crippen LogP contribution in [0.4, 0.5) is 0 Å². The van der Waals surface area contributed by atoms with Crippen LogP contribution in [0.25, 0.3) is 0 Å². The highest BCUT2D eigenvalue weighted by Gasteiger charge is 2.21. The van der Waals surface area contributed by atoms with E-state index in [2.05, 4.69) is 36.1 Å². The van der Waals surface area contributed by atoms with Crippen LogP contribution in [0.2, 0.25) is 0 Å². The summed E-state index contributed by atoms with van der Waals surface area (Å²) >= 11 is 0. The van der Waals surface area contributed by atoms with E-state index < -0.39 is 6.10 Å². The first-order valence-corrected chi connectivity index (χ1v) is 7.75. The van der Waals surface area contributed by atoms with Crippen LogP contribution in [0, 0.1) is 0 Å². The molecule has 0 amide bonds. The summed E-state index contributed by atoms with van der Waals surface area (Å²) < 4.78 is 5.43. The molecule has 1 N–H and O–H groups in total. The van der Waals surface area contributed by atoms with Gasteiger partial charge in [0, 0.05) is 20.2 Å². The molecule has 2 atom stereocenters. The second-order valence-electron chi connectivity index (χ2n) is 5.77. The molecule has 0 radical (unpaired) electrons. The molecule has 1 aliphatic heterocycles. The molecule has 1 heterocycles. The summed E-state index contributed by atoms with van der Waals surface area (Å²) in [6, 6.07) is 8.40. The lowest BCUT2D eigenvalue weighted by molar-refractivity contribution is 0.0127. The Balaban J connectivity index is 1.88. The average Bonchev–Trinajstić information content (AvgIpc) is 2.48. The number of aliphatic hydroxyl groups is 1. The Morgan fingerprint density at radius 1 is 1.35 bits per heavy atom. The van der Waals surface area contributed by atoms with Gasteiger partial charge in [0.1, 0.15) is 0 Å². The normalized spacial score (nSPS) is 21.9. The quantitative estimate of drug-likeness (QED) is 0.868. The van der Waals surface area contributed by atoms with E-state index >= 15 is 0 Å². The lowest BCUT2D eigenvalue weighted by Crippen LogP contribution is -2.41. The molecule has 3 nitrogen and oxygen atoms in total. The first kappa shape index (κ1) is 15.5. The van der Waals surface area contributed by atoms with E-state index in [1.165, 1.54) is 5.56 Å². The van der Waals surface area contributed by atoms with Crippen molar-refractivity contribution in [1.82, 2.24) is 4.90 Å². The Morgan fingerprint density at radius 2 is 2.10 bits per heavy atom. The van der Waals surface area contributed by atoms with Gasteiger partial charge in [-0.05, 0) is 36.9 Å². The van der Waals surface area contributed by atoms with Gasteiger partial charge in [0.15, 0.2) is 0 Å². The monoisotopic (exact) mass is 277 g/mol. The molecule has 0 spiro atoms. The highest BCUT2D eigenvalue weighted by Crippen LogP contribution is 2.19. The van der Waals surface area contributed by atoms with Crippen LogP contribution >= 0.6 is 0 Å². The molecular formula is C17H27NO2. The molecule has 1 aliphatic rings. The summed E-state index contributed by atoms with van der Waals surface area (Å²) in [6.07, 6.45) is 4.48. The summed E-state index contributed by atoms with van der Waals surface area (Å²) in [4.78, 5) is 2.31. The van der Waals surface area contributed by atoms with Crippen molar-refractivity contribution in [2.75, 3.05) is 26.7 Å². The van der Waals surface area contributed by atoms with Gasteiger partial charge < -0.3 is 9.84 Å². The summed E-state index contributed by atoms with van der Waals surface area (Å²) in [6.45, 7) is 4.88. The molecule has 112 valence electrons. The van der Waals surface area contributed by atoms with E-state index in [-0.39, 0.29) is 0 Å². The third-order valence-electron chi connectivity index (χ3n) is 4.13. The Bertz CT molecular complexity index is 390. The number of methoxy groups -OCH3 is 1. The molecule has 1 fully saturated rings. The number of ether oxygens (including phenoxy) is 1. The minimum atomic E-state index is -0.402. The molecule has 3 heteroatoms. The smallest absolute Gasteiger partial charge is 0.0916 e. The Hall–Kier alpha value is -0.900. The molecular weight excluding hydrogens is 250 g/mol. The molecule has 2 unspecified atom stereocenters. The van der Waals surface area contributed by atoms with Crippen LogP contribution in [0.5, 0.6) is 0 Å². The number of β-amino-alcohol motifs (C(OH)–C–C–N with tert-alkyl or cyclic N) is 1. The van der Waals surface area contributed by atoms with Gasteiger partial charge in [-0.15, -0.1) is 0 Å². The number of rotatable bonds is 6. The Kier molecular flexibility index (Phi) is 6.02. The molecule has 20 heavy (non-hydrogen) atoms. The zero-order valence-corrected chi connectivity index (χ0v) is 12.7. The number of likely N-dealkylation sites (tertiary alicyclic amines) is 1. The average molecular weight is 277 g/mol. The standard InChI is InChI=1S/C17H27NO2/c1-3-5-14-7-9-15(10-8-14)17(19)13-18-11-4-6-16(12-18)20-2/h7-10,16-17,19H,3-6,11-13H2,1-2H3. The van der Waals surface area contributed by atoms with E-state index in [0.29, 0.717) is 12.6 Å². The molecule has 1 saturated heterocycles. The zero-order chi connectivity index (χ0) is 14.4. The summed E-state index contributed by atoms with van der Waals surface area (Å²) in [5, 5.41) is 10.4. The van der Waals surface area contributed by atoms with Gasteiger partial charge in [-0.1, -0.05) is 37.6 Å². The largest absolute Gasteiger partial charge is 0.387 e. The van der Waals surface area contributed by atoms with Gasteiger partial charge in [-0.3, -0.25) is 4.90 Å². The number of benzene rings is 1. The number of hydrogen-bond donors (Lipinski definition) is 1. The molecule has 1 aromatic carbocycles. The minimum Gasteiger partial charge on any atom is -0.387 e. The van der Waals surface area contributed by atoms with Gasteiger partial charge in [0.2, 0.25) is 0 Å². The predicted octanol–water partition coefficient (Wildman–Crippen LogP) is 2.78. The summed E-state index contributed by atoms with van der Waals surface area (Å²) in [5.41, 5.74) is 2.37. The SMILES string of the molecule is CCCc1ccc(C(O)CN2CCCC(OC)C2)cc1. The first-order chi connectivity index (χ1) is 9.72. The first-order valence-electron chi connectivity index (χ1n) is 7.75. The van der Waals surface area contributed by atoms with Crippen molar-refractivity contribution >= 4 is 0 Å². The van der Waals surface area contributed by atoms with Crippen molar-refractivity contribution in [3.05, 3.63) is 35.4 Å². The number of aliphatic hydroxyl groups excluding tert-OH is 1. The third kappa shape index (κ3) is 4.30. The van der Waals surface area contributed by atoms with E-state index in [4.69, 9.17) is 4.74 Å². The zero-order valence-electron chi connectivity index (χ0n) is 12.7. The van der Waals surface area contributed by atoms with E-state index in [9.17, 15) is 5.11 Å². The number of piperidine rings is 1. The van der Waals surface area contributed by atoms with Crippen molar-refractivity contribution in [3.8, 4) is 0 Å². The van der Waals surface area contributed by atoms with Crippen LogP contribution in [0.15, 0.2) is 24.3 Å². The fourth-order valence-electron chi connectivity index (χ4n) is 2.92. The highest BCUT2D eigenvalue weighted by molar-refractivity contribution is 5.24. The van der Waals surface area contributed by atoms with Gasteiger partial charge in [0.25, 0.3) is 0 Å². The summed E-state index contributed by atoms with van der Waals surface area (Å²) in [7, 11) is 1.77. The van der Waals surface area contributed by atoms with Gasteiger partial charge in [-0.2, -0.15) is 0 Å². The van der Waals surface area contributed by atoms with Crippen molar-refractivity contribution in [2.45, 2.75) is 44.8 Å². The van der Waals surface area contributed by atoms with Crippen LogP contribution in [-0.2, 0) is 11.2 Å². The topological polar surface area (TPSA) is 32.7 Å². The Morgan fingerprint density at radius 3 is 2.75 bits per heavy atom. The van der Waals surface area contributed by atoms with Crippen LogP contribution < -0.4 is 0 Å². The number of hydrogen-bond acceptors (Lipinski definition) is 3. The van der Waals surface area contributed by atoms with Crippen molar-refractivity contribution in [2.24, 2.45) is 0 Å². The molecule has 1 aromatic rings. The summed E-state index contributed by atoms with van der Waals surface area (Å²) in [5.74, 6) is 0. The molecule has 0 aromatic heterocycles.